The maximum absolute atomic E-state index is 11.3. The van der Waals surface area contributed by atoms with Crippen molar-refractivity contribution in [2.75, 3.05) is 7.11 Å². The van der Waals surface area contributed by atoms with Crippen LogP contribution in [0.2, 0.25) is 0 Å². The molecule has 0 amide bonds. The average Bonchev–Trinajstić information content (AvgIpc) is 2.46. The van der Waals surface area contributed by atoms with E-state index in [9.17, 15) is 9.90 Å². The van der Waals surface area contributed by atoms with Crippen molar-refractivity contribution in [1.29, 1.82) is 0 Å². The number of carbonyl (C=O) groups is 1. The number of allylic oxidation sites excluding steroid dienone is 4. The van der Waals surface area contributed by atoms with E-state index in [4.69, 9.17) is 0 Å². The number of esters is 1. The molecule has 0 aromatic rings. The van der Waals surface area contributed by atoms with Crippen molar-refractivity contribution in [2.24, 2.45) is 0 Å². The van der Waals surface area contributed by atoms with Crippen LogP contribution >= 0.6 is 0 Å². The van der Waals surface area contributed by atoms with Crippen molar-refractivity contribution in [1.82, 2.24) is 0 Å². The number of hydrogen-bond donors (Lipinski definition) is 1. The van der Waals surface area contributed by atoms with Gasteiger partial charge < -0.3 is 9.84 Å². The number of aliphatic hydroxyl groups is 1. The minimum Gasteiger partial charge on any atom is -0.512 e. The zero-order valence-electron chi connectivity index (χ0n) is 7.92. The second-order valence-electron chi connectivity index (χ2n) is 2.88. The molecule has 0 aromatic heterocycles. The number of hydrogen-bond acceptors (Lipinski definition) is 3. The number of carbonyl (C=O) groups excluding carboxylic acids is 1. The molecule has 0 unspecified atom stereocenters. The van der Waals surface area contributed by atoms with Gasteiger partial charge in [-0.05, 0) is 19.4 Å². The summed E-state index contributed by atoms with van der Waals surface area (Å²) in [6, 6.07) is 0. The molecule has 0 aliphatic heterocycles. The minimum absolute atomic E-state index is 0.133. The highest BCUT2D eigenvalue weighted by molar-refractivity contribution is 5.97. The van der Waals surface area contributed by atoms with Gasteiger partial charge in [0.05, 0.1) is 18.4 Å². The van der Waals surface area contributed by atoms with Crippen LogP contribution < -0.4 is 0 Å². The minimum atomic E-state index is -0.411. The highest BCUT2D eigenvalue weighted by atomic mass is 16.5. The fourth-order valence-corrected chi connectivity index (χ4v) is 1.26. The van der Waals surface area contributed by atoms with Gasteiger partial charge in [-0.25, -0.2) is 4.79 Å². The fraction of sp³-hybridized carbons (Fsp3) is 0.300. The van der Waals surface area contributed by atoms with E-state index in [2.05, 4.69) is 4.74 Å². The number of rotatable bonds is 1. The molecule has 0 fully saturated rings. The van der Waals surface area contributed by atoms with E-state index in [1.54, 1.807) is 26.0 Å². The normalized spacial score (nSPS) is 19.3. The maximum Gasteiger partial charge on any atom is 0.338 e. The van der Waals surface area contributed by atoms with Crippen LogP contribution in [0.3, 0.4) is 0 Å². The maximum atomic E-state index is 11.3. The molecule has 13 heavy (non-hydrogen) atoms. The first-order valence-corrected chi connectivity index (χ1v) is 3.95. The van der Waals surface area contributed by atoms with E-state index < -0.39 is 5.97 Å². The van der Waals surface area contributed by atoms with E-state index in [0.29, 0.717) is 11.1 Å². The van der Waals surface area contributed by atoms with E-state index in [1.165, 1.54) is 7.11 Å². The van der Waals surface area contributed by atoms with E-state index in [0.717, 1.165) is 5.57 Å². The van der Waals surface area contributed by atoms with Crippen molar-refractivity contribution in [3.63, 3.8) is 0 Å². The second kappa shape index (κ2) is 3.47. The van der Waals surface area contributed by atoms with Crippen LogP contribution in [0.15, 0.2) is 34.6 Å². The first-order valence-electron chi connectivity index (χ1n) is 3.95. The Labute approximate surface area is 77.0 Å². The Morgan fingerprint density at radius 3 is 2.54 bits per heavy atom. The van der Waals surface area contributed by atoms with Crippen molar-refractivity contribution in [3.8, 4) is 0 Å². The van der Waals surface area contributed by atoms with Gasteiger partial charge in [-0.15, -0.1) is 0 Å². The fourth-order valence-electron chi connectivity index (χ4n) is 1.26. The van der Waals surface area contributed by atoms with Crippen LogP contribution in [0.25, 0.3) is 0 Å². The summed E-state index contributed by atoms with van der Waals surface area (Å²) in [4.78, 5) is 11.3. The Hall–Kier alpha value is -1.51. The van der Waals surface area contributed by atoms with E-state index in [1.807, 2.05) is 0 Å². The van der Waals surface area contributed by atoms with Crippen LogP contribution in [-0.2, 0) is 9.53 Å². The van der Waals surface area contributed by atoms with Gasteiger partial charge in [0, 0.05) is 5.57 Å². The third-order valence-electron chi connectivity index (χ3n) is 1.94. The smallest absolute Gasteiger partial charge is 0.338 e. The Balaban J connectivity index is 3.16. The molecule has 1 rings (SSSR count). The van der Waals surface area contributed by atoms with Crippen LogP contribution in [0, 0.1) is 0 Å². The molecule has 1 aliphatic carbocycles. The van der Waals surface area contributed by atoms with Gasteiger partial charge in [-0.1, -0.05) is 12.2 Å². The molecular weight excluding hydrogens is 168 g/mol. The molecule has 1 N–H and O–H groups in total. The largest absolute Gasteiger partial charge is 0.512 e. The summed E-state index contributed by atoms with van der Waals surface area (Å²) in [5.41, 5.74) is 1.81. The van der Waals surface area contributed by atoms with Gasteiger partial charge in [-0.2, -0.15) is 0 Å². The number of methoxy groups -OCH3 is 1. The summed E-state index contributed by atoms with van der Waals surface area (Å²) in [6.07, 6.45) is 3.48. The van der Waals surface area contributed by atoms with Crippen molar-refractivity contribution in [3.05, 3.63) is 34.6 Å². The zero-order chi connectivity index (χ0) is 10.0. The van der Waals surface area contributed by atoms with Crippen LogP contribution in [-0.4, -0.2) is 18.2 Å². The van der Waals surface area contributed by atoms with Gasteiger partial charge in [0.1, 0.15) is 0 Å². The molecule has 0 saturated carbocycles. The van der Waals surface area contributed by atoms with Gasteiger partial charge in [0.15, 0.2) is 0 Å². The van der Waals surface area contributed by atoms with Crippen LogP contribution in [0.4, 0.5) is 0 Å². The quantitative estimate of drug-likeness (QED) is 0.495. The van der Waals surface area contributed by atoms with Crippen molar-refractivity contribution < 1.29 is 14.6 Å². The first kappa shape index (κ1) is 9.58. The Kier molecular flexibility index (Phi) is 2.56. The molecule has 3 nitrogen and oxygen atoms in total. The second-order valence-corrected chi connectivity index (χ2v) is 2.88. The molecule has 1 aliphatic rings. The molecule has 0 saturated heterocycles. The lowest BCUT2D eigenvalue weighted by molar-refractivity contribution is -0.135. The molecule has 0 heterocycles. The van der Waals surface area contributed by atoms with Gasteiger partial charge in [0.25, 0.3) is 0 Å². The molecule has 0 radical (unpaired) electrons. The van der Waals surface area contributed by atoms with E-state index >= 15 is 0 Å². The molecular formula is C10H12O3. The predicted molar refractivity (Wildman–Crippen MR) is 49.2 cm³/mol. The predicted octanol–water partition coefficient (Wildman–Crippen LogP) is 1.88. The first-order chi connectivity index (χ1) is 6.07. The topological polar surface area (TPSA) is 46.5 Å². The van der Waals surface area contributed by atoms with Crippen molar-refractivity contribution >= 4 is 5.97 Å². The van der Waals surface area contributed by atoms with Gasteiger partial charge in [-0.3, -0.25) is 0 Å². The summed E-state index contributed by atoms with van der Waals surface area (Å²) < 4.78 is 4.60. The SMILES string of the molecule is COC(=O)C1=C(C)C=CC1=C(C)O. The number of ether oxygens (including phenoxy) is 1. The molecule has 3 heteroatoms. The summed E-state index contributed by atoms with van der Waals surface area (Å²) in [6.45, 7) is 3.35. The average molecular weight is 180 g/mol. The summed E-state index contributed by atoms with van der Waals surface area (Å²) >= 11 is 0. The van der Waals surface area contributed by atoms with E-state index in [-0.39, 0.29) is 5.76 Å². The monoisotopic (exact) mass is 180 g/mol. The van der Waals surface area contributed by atoms with Crippen molar-refractivity contribution in [2.45, 2.75) is 13.8 Å². The molecule has 0 spiro atoms. The highest BCUT2D eigenvalue weighted by Gasteiger charge is 2.21. The third-order valence-corrected chi connectivity index (χ3v) is 1.94. The molecule has 0 atom stereocenters. The van der Waals surface area contributed by atoms with Crippen LogP contribution in [0.5, 0.6) is 0 Å². The summed E-state index contributed by atoms with van der Waals surface area (Å²) in [7, 11) is 1.32. The lowest BCUT2D eigenvalue weighted by Crippen LogP contribution is -2.07. The van der Waals surface area contributed by atoms with Gasteiger partial charge >= 0.3 is 5.97 Å². The molecule has 0 bridgehead atoms. The Morgan fingerprint density at radius 1 is 1.46 bits per heavy atom. The summed E-state index contributed by atoms with van der Waals surface area (Å²) in [5, 5.41) is 9.27. The molecule has 0 aromatic carbocycles. The Bertz CT molecular complexity index is 328. The summed E-state index contributed by atoms with van der Waals surface area (Å²) in [5.74, 6) is -0.278. The standard InChI is InChI=1S/C10H12O3/c1-6-4-5-8(7(2)11)9(6)10(12)13-3/h4-5,11H,1-3H3. The molecule has 70 valence electrons. The Morgan fingerprint density at radius 2 is 2.08 bits per heavy atom. The number of aliphatic hydroxyl groups excluding tert-OH is 1. The zero-order valence-corrected chi connectivity index (χ0v) is 7.92. The highest BCUT2D eigenvalue weighted by Crippen LogP contribution is 2.27. The lowest BCUT2D eigenvalue weighted by Gasteiger charge is -2.04. The van der Waals surface area contributed by atoms with Gasteiger partial charge in [0.2, 0.25) is 0 Å². The van der Waals surface area contributed by atoms with Crippen LogP contribution in [0.1, 0.15) is 13.8 Å². The lowest BCUT2D eigenvalue weighted by atomic mass is 10.1. The third kappa shape index (κ3) is 1.64.